The summed E-state index contributed by atoms with van der Waals surface area (Å²) in [5, 5.41) is 6.61. The molecule has 0 aliphatic heterocycles. The van der Waals surface area contributed by atoms with Gasteiger partial charge in [-0.05, 0) is 32.1 Å². The molecule has 1 aromatic rings. The monoisotopic (exact) mass is 336 g/mol. The van der Waals surface area contributed by atoms with Crippen molar-refractivity contribution < 1.29 is 4.74 Å². The second-order valence-electron chi connectivity index (χ2n) is 5.99. The minimum absolute atomic E-state index is 0.0517. The van der Waals surface area contributed by atoms with Gasteiger partial charge in [0.1, 0.15) is 11.1 Å². The van der Waals surface area contributed by atoms with Crippen molar-refractivity contribution in [2.75, 3.05) is 27.7 Å². The van der Waals surface area contributed by atoms with E-state index in [-0.39, 0.29) is 6.10 Å². The molecule has 1 N–H and O–H groups in total. The number of ether oxygens (including phenoxy) is 1. The molecule has 1 heterocycles. The molecule has 2 rings (SSSR count). The summed E-state index contributed by atoms with van der Waals surface area (Å²) >= 11 is 1.65. The Morgan fingerprint density at radius 2 is 2.39 bits per heavy atom. The lowest BCUT2D eigenvalue weighted by atomic mass is 9.94. The minimum atomic E-state index is 0.0517. The Labute approximate surface area is 143 Å². The van der Waals surface area contributed by atoms with E-state index < -0.39 is 0 Å². The van der Waals surface area contributed by atoms with Crippen molar-refractivity contribution in [3.63, 3.8) is 0 Å². The molecule has 0 amide bonds. The number of nitrogens with one attached hydrogen (secondary N) is 1. The van der Waals surface area contributed by atoms with Crippen LogP contribution in [-0.4, -0.2) is 43.6 Å². The summed E-state index contributed by atoms with van der Waals surface area (Å²) in [5.74, 6) is 1.63. The van der Waals surface area contributed by atoms with Crippen molar-refractivity contribution in [1.29, 1.82) is 0 Å². The van der Waals surface area contributed by atoms with E-state index in [1.54, 1.807) is 18.4 Å². The molecule has 0 radical (unpaired) electrons. The van der Waals surface area contributed by atoms with Gasteiger partial charge in [0.25, 0.3) is 0 Å². The van der Waals surface area contributed by atoms with Crippen molar-refractivity contribution >= 4 is 17.3 Å². The molecule has 5 nitrogen and oxygen atoms in total. The second kappa shape index (κ2) is 9.03. The first-order valence-corrected chi connectivity index (χ1v) is 9.05. The zero-order valence-electron chi connectivity index (χ0n) is 14.6. The summed E-state index contributed by atoms with van der Waals surface area (Å²) in [5.41, 5.74) is 1.06. The summed E-state index contributed by atoms with van der Waals surface area (Å²) in [6, 6.07) is 0. The average Bonchev–Trinajstić information content (AvgIpc) is 3.04. The van der Waals surface area contributed by atoms with E-state index >= 15 is 0 Å². The maximum absolute atomic E-state index is 5.32. The fourth-order valence-electron chi connectivity index (χ4n) is 2.66. The van der Waals surface area contributed by atoms with Crippen LogP contribution in [0.2, 0.25) is 0 Å². The zero-order valence-corrected chi connectivity index (χ0v) is 15.4. The van der Waals surface area contributed by atoms with Crippen LogP contribution in [0.4, 0.5) is 0 Å². The fraction of sp³-hybridized carbons (Fsp3) is 0.647. The van der Waals surface area contributed by atoms with Crippen LogP contribution in [0.1, 0.15) is 43.0 Å². The molecule has 6 heteroatoms. The first-order valence-electron chi connectivity index (χ1n) is 8.18. The highest BCUT2D eigenvalue weighted by Gasteiger charge is 2.14. The Bertz CT molecular complexity index is 540. The lowest BCUT2D eigenvalue weighted by molar-refractivity contribution is 0.119. The maximum Gasteiger partial charge on any atom is 0.193 e. The van der Waals surface area contributed by atoms with Gasteiger partial charge in [0.2, 0.25) is 0 Å². The van der Waals surface area contributed by atoms with Crippen LogP contribution in [0.15, 0.2) is 22.5 Å². The standard InChI is InChI=1S/C17H28N4OS/c1-13(22-4)16-20-15(12-23-16)11-21(3)17(18-2)19-10-14-8-6-5-7-9-14/h5-6,12-14H,7-11H2,1-4H3,(H,18,19)/t13-,14+/m0/s1. The fourth-order valence-corrected chi connectivity index (χ4v) is 3.50. The number of allylic oxidation sites excluding steroid dienone is 2. The van der Waals surface area contributed by atoms with Gasteiger partial charge < -0.3 is 15.0 Å². The van der Waals surface area contributed by atoms with E-state index in [9.17, 15) is 0 Å². The van der Waals surface area contributed by atoms with Gasteiger partial charge in [-0.3, -0.25) is 4.99 Å². The van der Waals surface area contributed by atoms with Gasteiger partial charge in [-0.15, -0.1) is 11.3 Å². The Morgan fingerprint density at radius 1 is 1.57 bits per heavy atom. The zero-order chi connectivity index (χ0) is 16.7. The largest absolute Gasteiger partial charge is 0.375 e. The van der Waals surface area contributed by atoms with E-state index in [0.717, 1.165) is 36.2 Å². The molecule has 0 fully saturated rings. The molecule has 0 saturated carbocycles. The van der Waals surface area contributed by atoms with Gasteiger partial charge in [0.15, 0.2) is 5.96 Å². The molecule has 0 aromatic carbocycles. The predicted octanol–water partition coefficient (Wildman–Crippen LogP) is 3.21. The van der Waals surface area contributed by atoms with Gasteiger partial charge in [-0.1, -0.05) is 12.2 Å². The third-order valence-electron chi connectivity index (χ3n) is 4.17. The van der Waals surface area contributed by atoms with Crippen molar-refractivity contribution in [1.82, 2.24) is 15.2 Å². The van der Waals surface area contributed by atoms with E-state index in [1.165, 1.54) is 12.8 Å². The van der Waals surface area contributed by atoms with Crippen molar-refractivity contribution in [3.05, 3.63) is 28.2 Å². The van der Waals surface area contributed by atoms with E-state index in [0.29, 0.717) is 5.92 Å². The quantitative estimate of drug-likeness (QED) is 0.492. The third kappa shape index (κ3) is 5.32. The van der Waals surface area contributed by atoms with Crippen LogP contribution in [0.3, 0.4) is 0 Å². The summed E-state index contributed by atoms with van der Waals surface area (Å²) in [7, 11) is 5.60. The first-order chi connectivity index (χ1) is 11.1. The van der Waals surface area contributed by atoms with Crippen LogP contribution in [0.25, 0.3) is 0 Å². The van der Waals surface area contributed by atoms with E-state index in [2.05, 4.69) is 44.8 Å². The molecular formula is C17H28N4OS. The molecule has 0 saturated heterocycles. The van der Waals surface area contributed by atoms with Crippen LogP contribution in [0.5, 0.6) is 0 Å². The topological polar surface area (TPSA) is 49.8 Å². The van der Waals surface area contributed by atoms with Gasteiger partial charge in [-0.25, -0.2) is 4.98 Å². The highest BCUT2D eigenvalue weighted by Crippen LogP contribution is 2.21. The Balaban J connectivity index is 1.85. The number of hydrogen-bond donors (Lipinski definition) is 1. The number of methoxy groups -OCH3 is 1. The van der Waals surface area contributed by atoms with Gasteiger partial charge in [-0.2, -0.15) is 0 Å². The normalized spacial score (nSPS) is 19.7. The van der Waals surface area contributed by atoms with Crippen LogP contribution in [0, 0.1) is 5.92 Å². The summed E-state index contributed by atoms with van der Waals surface area (Å²) in [6.45, 7) is 3.74. The molecule has 1 aliphatic carbocycles. The molecule has 0 unspecified atom stereocenters. The number of thiazole rings is 1. The smallest absolute Gasteiger partial charge is 0.193 e. The number of nitrogens with zero attached hydrogens (tertiary/aromatic N) is 3. The summed E-state index contributed by atoms with van der Waals surface area (Å²) in [6.07, 6.45) is 8.23. The van der Waals surface area contributed by atoms with Crippen molar-refractivity contribution in [2.24, 2.45) is 10.9 Å². The minimum Gasteiger partial charge on any atom is -0.375 e. The molecule has 23 heavy (non-hydrogen) atoms. The molecule has 0 bridgehead atoms. The highest BCUT2D eigenvalue weighted by atomic mass is 32.1. The molecular weight excluding hydrogens is 308 g/mol. The van der Waals surface area contributed by atoms with Crippen LogP contribution < -0.4 is 5.32 Å². The highest BCUT2D eigenvalue weighted by molar-refractivity contribution is 7.09. The summed E-state index contributed by atoms with van der Waals surface area (Å²) in [4.78, 5) is 11.2. The SMILES string of the molecule is CN=C(NC[C@@H]1CC=CCC1)N(C)Cc1csc([C@H](C)OC)n1. The Kier molecular flexibility index (Phi) is 7.05. The number of aliphatic imine (C=N–C) groups is 1. The van der Waals surface area contributed by atoms with Gasteiger partial charge in [0.05, 0.1) is 12.2 Å². The number of rotatable bonds is 6. The number of hydrogen-bond acceptors (Lipinski definition) is 4. The van der Waals surface area contributed by atoms with Crippen molar-refractivity contribution in [3.8, 4) is 0 Å². The molecule has 1 aliphatic rings. The number of aromatic nitrogens is 1. The lowest BCUT2D eigenvalue weighted by Crippen LogP contribution is -2.40. The average molecular weight is 337 g/mol. The first kappa shape index (κ1) is 17.9. The number of guanidine groups is 1. The predicted molar refractivity (Wildman–Crippen MR) is 96.8 cm³/mol. The molecule has 128 valence electrons. The second-order valence-corrected chi connectivity index (χ2v) is 6.88. The summed E-state index contributed by atoms with van der Waals surface area (Å²) < 4.78 is 5.32. The van der Waals surface area contributed by atoms with Gasteiger partial charge in [0, 0.05) is 33.1 Å². The Morgan fingerprint density at radius 3 is 3.04 bits per heavy atom. The molecule has 2 atom stereocenters. The molecule has 1 aromatic heterocycles. The van der Waals surface area contributed by atoms with E-state index in [4.69, 9.17) is 4.74 Å². The third-order valence-corrected chi connectivity index (χ3v) is 5.22. The van der Waals surface area contributed by atoms with E-state index in [1.807, 2.05) is 14.0 Å². The van der Waals surface area contributed by atoms with Crippen molar-refractivity contribution in [2.45, 2.75) is 38.8 Å². The van der Waals surface area contributed by atoms with Crippen LogP contribution >= 0.6 is 11.3 Å². The lowest BCUT2D eigenvalue weighted by Gasteiger charge is -2.24. The van der Waals surface area contributed by atoms with Crippen LogP contribution in [-0.2, 0) is 11.3 Å². The Hall–Kier alpha value is -1.40. The van der Waals surface area contributed by atoms with Gasteiger partial charge >= 0.3 is 0 Å². The maximum atomic E-state index is 5.32. The molecule has 0 spiro atoms.